The SMILES string of the molecule is CC(O)c1ccc(Sc2nc3ccccc3[nH]2)c(F)c1. The number of benzene rings is 2. The lowest BCUT2D eigenvalue weighted by Crippen LogP contribution is -1.93. The third kappa shape index (κ3) is 2.55. The van der Waals surface area contributed by atoms with Gasteiger partial charge >= 0.3 is 0 Å². The molecule has 0 radical (unpaired) electrons. The number of para-hydroxylation sites is 2. The van der Waals surface area contributed by atoms with Crippen LogP contribution in [0.2, 0.25) is 0 Å². The van der Waals surface area contributed by atoms with E-state index < -0.39 is 6.10 Å². The summed E-state index contributed by atoms with van der Waals surface area (Å²) >= 11 is 1.24. The second-order valence-electron chi connectivity index (χ2n) is 4.53. The summed E-state index contributed by atoms with van der Waals surface area (Å²) in [6.07, 6.45) is -0.672. The molecule has 2 aromatic carbocycles. The van der Waals surface area contributed by atoms with Crippen molar-refractivity contribution in [2.75, 3.05) is 0 Å². The molecule has 0 aliphatic carbocycles. The van der Waals surface area contributed by atoms with Crippen molar-refractivity contribution in [1.82, 2.24) is 9.97 Å². The highest BCUT2D eigenvalue weighted by Gasteiger charge is 2.10. The summed E-state index contributed by atoms with van der Waals surface area (Å²) in [5.41, 5.74) is 2.35. The van der Waals surface area contributed by atoms with Gasteiger partial charge in [-0.05, 0) is 48.5 Å². The smallest absolute Gasteiger partial charge is 0.171 e. The second kappa shape index (κ2) is 5.26. The molecule has 2 N–H and O–H groups in total. The fourth-order valence-electron chi connectivity index (χ4n) is 1.94. The van der Waals surface area contributed by atoms with E-state index in [9.17, 15) is 9.50 Å². The van der Waals surface area contributed by atoms with Crippen molar-refractivity contribution in [1.29, 1.82) is 0 Å². The zero-order valence-corrected chi connectivity index (χ0v) is 11.6. The molecule has 0 amide bonds. The van der Waals surface area contributed by atoms with E-state index in [2.05, 4.69) is 9.97 Å². The highest BCUT2D eigenvalue weighted by atomic mass is 32.2. The Bertz CT molecular complexity index is 721. The van der Waals surface area contributed by atoms with E-state index in [-0.39, 0.29) is 5.82 Å². The molecule has 0 saturated heterocycles. The molecule has 3 nitrogen and oxygen atoms in total. The zero-order chi connectivity index (χ0) is 14.1. The fourth-order valence-corrected chi connectivity index (χ4v) is 2.75. The Labute approximate surface area is 119 Å². The van der Waals surface area contributed by atoms with Crippen molar-refractivity contribution in [3.63, 3.8) is 0 Å². The Kier molecular flexibility index (Phi) is 3.46. The van der Waals surface area contributed by atoms with Crippen LogP contribution in [-0.2, 0) is 0 Å². The number of hydrogen-bond acceptors (Lipinski definition) is 3. The quantitative estimate of drug-likeness (QED) is 0.768. The first kappa shape index (κ1) is 13.1. The number of imidazole rings is 1. The molecule has 102 valence electrons. The van der Waals surface area contributed by atoms with Gasteiger partial charge in [0, 0.05) is 0 Å². The standard InChI is InChI=1S/C15H13FN2OS/c1-9(19)10-6-7-14(11(16)8-10)20-15-17-12-4-2-3-5-13(12)18-15/h2-9,19H,1H3,(H,17,18). The number of rotatable bonds is 3. The second-order valence-corrected chi connectivity index (χ2v) is 5.56. The molecular formula is C15H13FN2OS. The normalized spacial score (nSPS) is 12.8. The van der Waals surface area contributed by atoms with E-state index in [0.717, 1.165) is 11.0 Å². The molecule has 3 aromatic rings. The number of aromatic nitrogens is 2. The van der Waals surface area contributed by atoms with Crippen molar-refractivity contribution in [3.05, 3.63) is 53.8 Å². The Morgan fingerprint density at radius 1 is 1.25 bits per heavy atom. The van der Waals surface area contributed by atoms with Gasteiger partial charge in [0.2, 0.25) is 0 Å². The third-order valence-electron chi connectivity index (χ3n) is 3.01. The maximum Gasteiger partial charge on any atom is 0.171 e. The minimum Gasteiger partial charge on any atom is -0.389 e. The van der Waals surface area contributed by atoms with E-state index >= 15 is 0 Å². The molecule has 0 bridgehead atoms. The Morgan fingerprint density at radius 2 is 2.05 bits per heavy atom. The summed E-state index contributed by atoms with van der Waals surface area (Å²) in [4.78, 5) is 8.02. The Hall–Kier alpha value is -1.85. The summed E-state index contributed by atoms with van der Waals surface area (Å²) in [6, 6.07) is 12.4. The van der Waals surface area contributed by atoms with Crippen LogP contribution >= 0.6 is 11.8 Å². The van der Waals surface area contributed by atoms with Crippen LogP contribution in [-0.4, -0.2) is 15.1 Å². The molecule has 0 aliphatic heterocycles. The highest BCUT2D eigenvalue weighted by Crippen LogP contribution is 2.30. The molecule has 5 heteroatoms. The fraction of sp³-hybridized carbons (Fsp3) is 0.133. The van der Waals surface area contributed by atoms with E-state index in [1.165, 1.54) is 17.8 Å². The van der Waals surface area contributed by atoms with Crippen LogP contribution in [0.25, 0.3) is 11.0 Å². The van der Waals surface area contributed by atoms with Gasteiger partial charge in [0.1, 0.15) is 5.82 Å². The van der Waals surface area contributed by atoms with Crippen molar-refractivity contribution in [3.8, 4) is 0 Å². The molecule has 1 atom stereocenters. The van der Waals surface area contributed by atoms with Gasteiger partial charge in [-0.25, -0.2) is 9.37 Å². The van der Waals surface area contributed by atoms with Crippen LogP contribution in [0.1, 0.15) is 18.6 Å². The van der Waals surface area contributed by atoms with Gasteiger partial charge < -0.3 is 10.1 Å². The third-order valence-corrected chi connectivity index (χ3v) is 3.95. The van der Waals surface area contributed by atoms with Gasteiger partial charge in [-0.1, -0.05) is 18.2 Å². The first-order valence-corrected chi connectivity index (χ1v) is 7.05. The number of aliphatic hydroxyl groups is 1. The number of aromatic amines is 1. The van der Waals surface area contributed by atoms with Crippen LogP contribution < -0.4 is 0 Å². The summed E-state index contributed by atoms with van der Waals surface area (Å²) in [6.45, 7) is 1.61. The van der Waals surface area contributed by atoms with Gasteiger partial charge in [0.25, 0.3) is 0 Å². The molecule has 3 rings (SSSR count). The maximum absolute atomic E-state index is 14.0. The largest absolute Gasteiger partial charge is 0.389 e. The number of aliphatic hydroxyl groups excluding tert-OH is 1. The molecule has 0 aliphatic rings. The minimum absolute atomic E-state index is 0.353. The lowest BCUT2D eigenvalue weighted by atomic mass is 10.1. The number of nitrogens with zero attached hydrogens (tertiary/aromatic N) is 1. The molecule has 0 spiro atoms. The van der Waals surface area contributed by atoms with E-state index in [4.69, 9.17) is 0 Å². The summed E-state index contributed by atoms with van der Waals surface area (Å²) < 4.78 is 14.0. The molecule has 20 heavy (non-hydrogen) atoms. The molecule has 0 fully saturated rings. The van der Waals surface area contributed by atoms with E-state index in [1.54, 1.807) is 19.1 Å². The van der Waals surface area contributed by atoms with Crippen molar-refractivity contribution in [2.45, 2.75) is 23.1 Å². The topological polar surface area (TPSA) is 48.9 Å². The molecular weight excluding hydrogens is 275 g/mol. The van der Waals surface area contributed by atoms with Crippen LogP contribution in [0.3, 0.4) is 0 Å². The minimum atomic E-state index is -0.672. The van der Waals surface area contributed by atoms with Crippen molar-refractivity contribution < 1.29 is 9.50 Å². The average molecular weight is 288 g/mol. The van der Waals surface area contributed by atoms with Gasteiger partial charge in [0.05, 0.1) is 22.0 Å². The van der Waals surface area contributed by atoms with E-state index in [1.807, 2.05) is 24.3 Å². The average Bonchev–Trinajstić information content (AvgIpc) is 2.83. The van der Waals surface area contributed by atoms with Gasteiger partial charge in [-0.2, -0.15) is 0 Å². The number of fused-ring (bicyclic) bond motifs is 1. The highest BCUT2D eigenvalue weighted by molar-refractivity contribution is 7.99. The van der Waals surface area contributed by atoms with Crippen LogP contribution in [0, 0.1) is 5.82 Å². The van der Waals surface area contributed by atoms with Crippen LogP contribution in [0.4, 0.5) is 4.39 Å². The zero-order valence-electron chi connectivity index (χ0n) is 10.8. The van der Waals surface area contributed by atoms with Gasteiger partial charge in [0.15, 0.2) is 5.16 Å². The number of nitrogens with one attached hydrogen (secondary N) is 1. The van der Waals surface area contributed by atoms with Gasteiger partial charge in [-0.3, -0.25) is 0 Å². The predicted molar refractivity (Wildman–Crippen MR) is 77.3 cm³/mol. The van der Waals surface area contributed by atoms with Crippen LogP contribution in [0.5, 0.6) is 0 Å². The molecule has 1 aromatic heterocycles. The number of hydrogen-bond donors (Lipinski definition) is 2. The predicted octanol–water partition coefficient (Wildman–Crippen LogP) is 3.91. The van der Waals surface area contributed by atoms with Gasteiger partial charge in [-0.15, -0.1) is 0 Å². The Balaban J connectivity index is 1.90. The van der Waals surface area contributed by atoms with E-state index in [0.29, 0.717) is 15.6 Å². The van der Waals surface area contributed by atoms with Crippen LogP contribution in [0.15, 0.2) is 52.5 Å². The monoisotopic (exact) mass is 288 g/mol. The summed E-state index contributed by atoms with van der Waals surface area (Å²) in [7, 11) is 0. The Morgan fingerprint density at radius 3 is 2.75 bits per heavy atom. The number of H-pyrrole nitrogens is 1. The summed E-state index contributed by atoms with van der Waals surface area (Å²) in [5, 5.41) is 10.1. The summed E-state index contributed by atoms with van der Waals surface area (Å²) in [5.74, 6) is -0.353. The molecule has 1 heterocycles. The molecule has 1 unspecified atom stereocenters. The first-order valence-electron chi connectivity index (χ1n) is 6.23. The van der Waals surface area contributed by atoms with Crippen molar-refractivity contribution >= 4 is 22.8 Å². The van der Waals surface area contributed by atoms with Crippen molar-refractivity contribution in [2.24, 2.45) is 0 Å². The number of halogens is 1. The lowest BCUT2D eigenvalue weighted by molar-refractivity contribution is 0.198. The lowest BCUT2D eigenvalue weighted by Gasteiger charge is -2.06. The first-order chi connectivity index (χ1) is 9.63. The molecule has 0 saturated carbocycles. The maximum atomic E-state index is 14.0.